The zero-order valence-electron chi connectivity index (χ0n) is 14.8. The third kappa shape index (κ3) is 4.13. The molecule has 0 saturated carbocycles. The molecule has 0 aliphatic carbocycles. The molecule has 1 fully saturated rings. The lowest BCUT2D eigenvalue weighted by molar-refractivity contribution is -0.130. The highest BCUT2D eigenvalue weighted by Crippen LogP contribution is 2.17. The van der Waals surface area contributed by atoms with Gasteiger partial charge in [0.2, 0.25) is 5.91 Å². The molecule has 2 heterocycles. The van der Waals surface area contributed by atoms with Crippen molar-refractivity contribution in [1.29, 1.82) is 0 Å². The highest BCUT2D eigenvalue weighted by molar-refractivity contribution is 5.85. The van der Waals surface area contributed by atoms with Gasteiger partial charge >= 0.3 is 6.03 Å². The molecule has 0 atom stereocenters. The molecule has 6 heteroatoms. The Hall–Kier alpha value is -2.50. The molecule has 1 aromatic carbocycles. The van der Waals surface area contributed by atoms with Gasteiger partial charge in [0.1, 0.15) is 6.54 Å². The maximum Gasteiger partial charge on any atom is 0.317 e. The van der Waals surface area contributed by atoms with Gasteiger partial charge in [-0.15, -0.1) is 0 Å². The van der Waals surface area contributed by atoms with Crippen molar-refractivity contribution in [3.63, 3.8) is 0 Å². The standard InChI is InChI=1S/C19H26N4O2/c1-2-10-22-11-5-12-23(14-18(22)24)19(25)20-9-8-15-13-21-17-7-4-3-6-16(15)17/h3-4,6-7,13,21H,2,5,8-12,14H2,1H3,(H,20,25). The van der Waals surface area contributed by atoms with Crippen molar-refractivity contribution in [2.24, 2.45) is 0 Å². The third-order valence-electron chi connectivity index (χ3n) is 4.66. The summed E-state index contributed by atoms with van der Waals surface area (Å²) < 4.78 is 0. The Bertz CT molecular complexity index is 740. The van der Waals surface area contributed by atoms with Gasteiger partial charge in [0.15, 0.2) is 0 Å². The van der Waals surface area contributed by atoms with E-state index in [1.807, 2.05) is 29.3 Å². The maximum absolute atomic E-state index is 12.4. The molecular formula is C19H26N4O2. The Morgan fingerprint density at radius 1 is 1.28 bits per heavy atom. The lowest BCUT2D eigenvalue weighted by Gasteiger charge is -2.21. The molecule has 25 heavy (non-hydrogen) atoms. The lowest BCUT2D eigenvalue weighted by Crippen LogP contribution is -2.44. The Kier molecular flexibility index (Phi) is 5.58. The molecule has 1 aromatic heterocycles. The first-order valence-electron chi connectivity index (χ1n) is 9.04. The number of fused-ring (bicyclic) bond motifs is 1. The maximum atomic E-state index is 12.4. The lowest BCUT2D eigenvalue weighted by atomic mass is 10.1. The van der Waals surface area contributed by atoms with E-state index in [0.717, 1.165) is 37.9 Å². The van der Waals surface area contributed by atoms with E-state index in [-0.39, 0.29) is 18.5 Å². The van der Waals surface area contributed by atoms with Crippen molar-refractivity contribution in [1.82, 2.24) is 20.1 Å². The normalized spacial score (nSPS) is 15.5. The van der Waals surface area contributed by atoms with E-state index in [0.29, 0.717) is 13.1 Å². The summed E-state index contributed by atoms with van der Waals surface area (Å²) in [5.41, 5.74) is 2.30. The topological polar surface area (TPSA) is 68.4 Å². The number of nitrogens with one attached hydrogen (secondary N) is 2. The van der Waals surface area contributed by atoms with E-state index in [1.165, 1.54) is 10.9 Å². The second kappa shape index (κ2) is 8.05. The highest BCUT2D eigenvalue weighted by Gasteiger charge is 2.24. The Morgan fingerprint density at radius 3 is 2.96 bits per heavy atom. The zero-order valence-corrected chi connectivity index (χ0v) is 14.8. The average Bonchev–Trinajstić information content (AvgIpc) is 2.93. The van der Waals surface area contributed by atoms with Gasteiger partial charge in [0, 0.05) is 43.3 Å². The minimum Gasteiger partial charge on any atom is -0.361 e. The number of urea groups is 1. The first-order chi connectivity index (χ1) is 12.2. The molecule has 3 rings (SSSR count). The van der Waals surface area contributed by atoms with Crippen LogP contribution in [0, 0.1) is 0 Å². The number of carbonyl (C=O) groups excluding carboxylic acids is 2. The van der Waals surface area contributed by atoms with Crippen LogP contribution in [0.3, 0.4) is 0 Å². The van der Waals surface area contributed by atoms with Crippen LogP contribution < -0.4 is 5.32 Å². The number of amides is 3. The molecule has 6 nitrogen and oxygen atoms in total. The number of rotatable bonds is 5. The molecule has 0 bridgehead atoms. The van der Waals surface area contributed by atoms with Crippen molar-refractivity contribution in [2.45, 2.75) is 26.2 Å². The number of hydrogen-bond donors (Lipinski definition) is 2. The third-order valence-corrected chi connectivity index (χ3v) is 4.66. The van der Waals surface area contributed by atoms with Crippen molar-refractivity contribution < 1.29 is 9.59 Å². The van der Waals surface area contributed by atoms with Gasteiger partial charge in [0.25, 0.3) is 0 Å². The molecule has 2 aromatic rings. The second-order valence-corrected chi connectivity index (χ2v) is 6.50. The fourth-order valence-electron chi connectivity index (χ4n) is 3.35. The van der Waals surface area contributed by atoms with Crippen LogP contribution in [0.5, 0.6) is 0 Å². The second-order valence-electron chi connectivity index (χ2n) is 6.50. The summed E-state index contributed by atoms with van der Waals surface area (Å²) in [6, 6.07) is 8.00. The van der Waals surface area contributed by atoms with Gasteiger partial charge in [-0.2, -0.15) is 0 Å². The molecule has 0 spiro atoms. The number of carbonyl (C=O) groups is 2. The van der Waals surface area contributed by atoms with E-state index in [4.69, 9.17) is 0 Å². The van der Waals surface area contributed by atoms with Crippen LogP contribution in [-0.4, -0.2) is 59.4 Å². The SMILES string of the molecule is CCCN1CCCN(C(=O)NCCc2c[nH]c3ccccc23)CC1=O. The molecule has 0 unspecified atom stereocenters. The summed E-state index contributed by atoms with van der Waals surface area (Å²) in [6.45, 7) is 4.95. The number of aromatic nitrogens is 1. The van der Waals surface area contributed by atoms with Gasteiger partial charge in [0.05, 0.1) is 0 Å². The minimum absolute atomic E-state index is 0.0473. The molecular weight excluding hydrogens is 316 g/mol. The predicted octanol–water partition coefficient (Wildman–Crippen LogP) is 2.36. The van der Waals surface area contributed by atoms with Gasteiger partial charge in [-0.3, -0.25) is 4.79 Å². The minimum atomic E-state index is -0.147. The van der Waals surface area contributed by atoms with Crippen LogP contribution in [0.1, 0.15) is 25.3 Å². The largest absolute Gasteiger partial charge is 0.361 e. The van der Waals surface area contributed by atoms with Gasteiger partial charge < -0.3 is 20.1 Å². The molecule has 0 radical (unpaired) electrons. The fraction of sp³-hybridized carbons (Fsp3) is 0.474. The van der Waals surface area contributed by atoms with Crippen LogP contribution in [0.25, 0.3) is 10.9 Å². The van der Waals surface area contributed by atoms with E-state index in [9.17, 15) is 9.59 Å². The number of aromatic amines is 1. The summed E-state index contributed by atoms with van der Waals surface area (Å²) in [5, 5.41) is 4.14. The highest BCUT2D eigenvalue weighted by atomic mass is 16.2. The summed E-state index contributed by atoms with van der Waals surface area (Å²) in [4.78, 5) is 31.4. The number of para-hydroxylation sites is 1. The average molecular weight is 342 g/mol. The molecule has 3 amide bonds. The Morgan fingerprint density at radius 2 is 2.12 bits per heavy atom. The quantitative estimate of drug-likeness (QED) is 0.876. The summed E-state index contributed by atoms with van der Waals surface area (Å²) in [5.74, 6) is 0.0473. The Labute approximate surface area is 148 Å². The van der Waals surface area contributed by atoms with E-state index >= 15 is 0 Å². The smallest absolute Gasteiger partial charge is 0.317 e. The molecule has 1 saturated heterocycles. The molecule has 1 aliphatic heterocycles. The van der Waals surface area contributed by atoms with Gasteiger partial charge in [-0.1, -0.05) is 25.1 Å². The first kappa shape index (κ1) is 17.3. The number of benzene rings is 1. The van der Waals surface area contributed by atoms with E-state index in [1.54, 1.807) is 4.90 Å². The van der Waals surface area contributed by atoms with Crippen LogP contribution >= 0.6 is 0 Å². The van der Waals surface area contributed by atoms with Crippen molar-refractivity contribution in [3.05, 3.63) is 36.0 Å². The zero-order chi connectivity index (χ0) is 17.6. The van der Waals surface area contributed by atoms with Crippen molar-refractivity contribution in [3.8, 4) is 0 Å². The van der Waals surface area contributed by atoms with Crippen molar-refractivity contribution >= 4 is 22.8 Å². The number of hydrogen-bond acceptors (Lipinski definition) is 2. The van der Waals surface area contributed by atoms with E-state index < -0.39 is 0 Å². The first-order valence-corrected chi connectivity index (χ1v) is 9.04. The van der Waals surface area contributed by atoms with Crippen LogP contribution in [0.2, 0.25) is 0 Å². The monoisotopic (exact) mass is 342 g/mol. The summed E-state index contributed by atoms with van der Waals surface area (Å²) in [7, 11) is 0. The van der Waals surface area contributed by atoms with Gasteiger partial charge in [-0.05, 0) is 30.9 Å². The Balaban J connectivity index is 1.51. The van der Waals surface area contributed by atoms with Crippen LogP contribution in [-0.2, 0) is 11.2 Å². The van der Waals surface area contributed by atoms with E-state index in [2.05, 4.69) is 23.3 Å². The molecule has 2 N–H and O–H groups in total. The van der Waals surface area contributed by atoms with Crippen molar-refractivity contribution in [2.75, 3.05) is 32.7 Å². The van der Waals surface area contributed by atoms with Gasteiger partial charge in [-0.25, -0.2) is 4.79 Å². The number of H-pyrrole nitrogens is 1. The predicted molar refractivity (Wildman–Crippen MR) is 98.5 cm³/mol. The fourth-order valence-corrected chi connectivity index (χ4v) is 3.35. The summed E-state index contributed by atoms with van der Waals surface area (Å²) >= 11 is 0. The molecule has 1 aliphatic rings. The van der Waals surface area contributed by atoms with Crippen LogP contribution in [0.15, 0.2) is 30.5 Å². The van der Waals surface area contributed by atoms with Crippen LogP contribution in [0.4, 0.5) is 4.79 Å². The summed E-state index contributed by atoms with van der Waals surface area (Å²) in [6.07, 6.45) is 4.54. The number of nitrogens with zero attached hydrogens (tertiary/aromatic N) is 2. The molecule has 134 valence electrons.